The molecule has 6 heteroatoms. The first-order valence-corrected chi connectivity index (χ1v) is 7.29. The highest BCUT2D eigenvalue weighted by Gasteiger charge is 2.21. The number of thioether (sulfide) groups is 1. The van der Waals surface area contributed by atoms with Crippen molar-refractivity contribution in [3.8, 4) is 0 Å². The van der Waals surface area contributed by atoms with E-state index in [1.54, 1.807) is 11.7 Å². The minimum atomic E-state index is -0.222. The van der Waals surface area contributed by atoms with E-state index >= 15 is 0 Å². The summed E-state index contributed by atoms with van der Waals surface area (Å²) in [6, 6.07) is 4.03. The molecule has 0 aliphatic heterocycles. The molecule has 0 bridgehead atoms. The quantitative estimate of drug-likeness (QED) is 0.639. The van der Waals surface area contributed by atoms with Gasteiger partial charge in [-0.15, -0.1) is 5.10 Å². The molecule has 1 aromatic heterocycles. The zero-order valence-corrected chi connectivity index (χ0v) is 13.2. The van der Waals surface area contributed by atoms with Crippen molar-refractivity contribution in [1.29, 1.82) is 0 Å². The molecule has 2 rings (SSSR count). The van der Waals surface area contributed by atoms with Crippen LogP contribution in [0.2, 0.25) is 0 Å². The van der Waals surface area contributed by atoms with Gasteiger partial charge >= 0.3 is 0 Å². The zero-order chi connectivity index (χ0) is 14.9. The van der Waals surface area contributed by atoms with Gasteiger partial charge in [-0.2, -0.15) is 0 Å². The van der Waals surface area contributed by atoms with Gasteiger partial charge in [-0.3, -0.25) is 4.79 Å². The Morgan fingerprint density at radius 3 is 2.45 bits per heavy atom. The van der Waals surface area contributed by atoms with Crippen LogP contribution in [0.15, 0.2) is 17.3 Å². The van der Waals surface area contributed by atoms with Crippen molar-refractivity contribution in [2.45, 2.75) is 38.1 Å². The summed E-state index contributed by atoms with van der Waals surface area (Å²) in [6.45, 7) is 7.94. The molecule has 0 saturated carbocycles. The highest BCUT2D eigenvalue weighted by atomic mass is 32.2. The Labute approximate surface area is 122 Å². The molecule has 1 aromatic carbocycles. The Hall–Kier alpha value is -1.69. The van der Waals surface area contributed by atoms with Gasteiger partial charge in [0.15, 0.2) is 5.78 Å². The minimum Gasteiger partial charge on any atom is -0.293 e. The molecule has 0 aliphatic rings. The zero-order valence-electron chi connectivity index (χ0n) is 12.3. The second-order valence-corrected chi connectivity index (χ2v) is 6.27. The van der Waals surface area contributed by atoms with Crippen LogP contribution in [0.1, 0.15) is 34.0 Å². The fourth-order valence-electron chi connectivity index (χ4n) is 1.98. The lowest BCUT2D eigenvalue weighted by atomic mass is 9.97. The lowest BCUT2D eigenvalue weighted by Gasteiger charge is -2.13. The van der Waals surface area contributed by atoms with Crippen molar-refractivity contribution >= 4 is 17.5 Å². The van der Waals surface area contributed by atoms with E-state index in [0.717, 1.165) is 16.7 Å². The number of tetrazole rings is 1. The van der Waals surface area contributed by atoms with Gasteiger partial charge in [-0.1, -0.05) is 17.8 Å². The predicted octanol–water partition coefficient (Wildman–Crippen LogP) is 2.50. The first kappa shape index (κ1) is 14.7. The van der Waals surface area contributed by atoms with Crippen LogP contribution in [0, 0.1) is 20.8 Å². The van der Waals surface area contributed by atoms with E-state index in [1.807, 2.05) is 26.8 Å². The smallest absolute Gasteiger partial charge is 0.209 e. The summed E-state index contributed by atoms with van der Waals surface area (Å²) in [7, 11) is 1.76. The number of carbonyl (C=O) groups is 1. The van der Waals surface area contributed by atoms with Crippen molar-refractivity contribution in [2.24, 2.45) is 7.05 Å². The topological polar surface area (TPSA) is 60.7 Å². The number of Topliss-reactive ketones (excluding diaryl/α,β-unsaturated/α-hetero) is 1. The molecule has 0 aliphatic carbocycles. The van der Waals surface area contributed by atoms with Crippen molar-refractivity contribution < 1.29 is 4.79 Å². The SMILES string of the molecule is Cc1cc(C)c(C(=O)[C@H](C)Sc2nnnn2C)cc1C. The molecule has 20 heavy (non-hydrogen) atoms. The Balaban J connectivity index is 2.23. The van der Waals surface area contributed by atoms with Crippen LogP contribution in [0.5, 0.6) is 0 Å². The van der Waals surface area contributed by atoms with E-state index < -0.39 is 0 Å². The van der Waals surface area contributed by atoms with Crippen molar-refractivity contribution in [3.05, 3.63) is 34.4 Å². The van der Waals surface area contributed by atoms with E-state index in [-0.39, 0.29) is 11.0 Å². The number of benzene rings is 1. The number of aromatic nitrogens is 4. The van der Waals surface area contributed by atoms with Crippen LogP contribution in [-0.2, 0) is 7.05 Å². The van der Waals surface area contributed by atoms with Crippen LogP contribution in [0.4, 0.5) is 0 Å². The maximum absolute atomic E-state index is 12.6. The minimum absolute atomic E-state index is 0.110. The Morgan fingerprint density at radius 2 is 1.85 bits per heavy atom. The third-order valence-electron chi connectivity index (χ3n) is 3.34. The lowest BCUT2D eigenvalue weighted by Crippen LogP contribution is -2.16. The van der Waals surface area contributed by atoms with E-state index in [9.17, 15) is 4.79 Å². The predicted molar refractivity (Wildman–Crippen MR) is 79.1 cm³/mol. The normalized spacial score (nSPS) is 12.4. The van der Waals surface area contributed by atoms with Crippen molar-refractivity contribution in [3.63, 3.8) is 0 Å². The second kappa shape index (κ2) is 5.75. The summed E-state index contributed by atoms with van der Waals surface area (Å²) in [4.78, 5) is 12.6. The fourth-order valence-corrected chi connectivity index (χ4v) is 2.80. The van der Waals surface area contributed by atoms with Gasteiger partial charge in [0.1, 0.15) is 0 Å². The average molecular weight is 290 g/mol. The van der Waals surface area contributed by atoms with E-state index in [4.69, 9.17) is 0 Å². The van der Waals surface area contributed by atoms with Crippen molar-refractivity contribution in [1.82, 2.24) is 20.2 Å². The van der Waals surface area contributed by atoms with Gasteiger partial charge in [0, 0.05) is 12.6 Å². The van der Waals surface area contributed by atoms with E-state index in [0.29, 0.717) is 5.16 Å². The number of hydrogen-bond acceptors (Lipinski definition) is 5. The molecule has 1 heterocycles. The summed E-state index contributed by atoms with van der Waals surface area (Å²) in [5.74, 6) is 0.110. The largest absolute Gasteiger partial charge is 0.293 e. The van der Waals surface area contributed by atoms with E-state index in [2.05, 4.69) is 28.5 Å². The number of aryl methyl sites for hydroxylation is 4. The third kappa shape index (κ3) is 2.90. The number of ketones is 1. The number of rotatable bonds is 4. The molecular formula is C14H18N4OS. The first-order valence-electron chi connectivity index (χ1n) is 6.41. The molecule has 106 valence electrons. The van der Waals surface area contributed by atoms with Crippen LogP contribution < -0.4 is 0 Å². The van der Waals surface area contributed by atoms with Gasteiger partial charge in [0.2, 0.25) is 5.16 Å². The van der Waals surface area contributed by atoms with Crippen molar-refractivity contribution in [2.75, 3.05) is 0 Å². The standard InChI is InChI=1S/C14H18N4OS/c1-8-6-10(3)12(7-9(8)2)13(19)11(4)20-14-15-16-17-18(14)5/h6-7,11H,1-5H3/t11-/m0/s1. The van der Waals surface area contributed by atoms with Crippen LogP contribution in [0.25, 0.3) is 0 Å². The summed E-state index contributed by atoms with van der Waals surface area (Å²) >= 11 is 1.38. The van der Waals surface area contributed by atoms with Crippen LogP contribution in [-0.4, -0.2) is 31.2 Å². The summed E-state index contributed by atoms with van der Waals surface area (Å²) in [5, 5.41) is 11.7. The van der Waals surface area contributed by atoms with Gasteiger partial charge in [-0.25, -0.2) is 4.68 Å². The highest BCUT2D eigenvalue weighted by molar-refractivity contribution is 8.00. The van der Waals surface area contributed by atoms with Crippen LogP contribution in [0.3, 0.4) is 0 Å². The van der Waals surface area contributed by atoms with Gasteiger partial charge in [0.05, 0.1) is 5.25 Å². The summed E-state index contributed by atoms with van der Waals surface area (Å²) < 4.78 is 1.57. The maximum atomic E-state index is 12.6. The summed E-state index contributed by atoms with van der Waals surface area (Å²) in [6.07, 6.45) is 0. The first-order chi connectivity index (χ1) is 9.40. The summed E-state index contributed by atoms with van der Waals surface area (Å²) in [5.41, 5.74) is 4.14. The number of hydrogen-bond donors (Lipinski definition) is 0. The molecule has 0 fully saturated rings. The maximum Gasteiger partial charge on any atom is 0.209 e. The molecule has 0 N–H and O–H groups in total. The third-order valence-corrected chi connectivity index (χ3v) is 4.46. The Kier molecular flexibility index (Phi) is 4.23. The number of carbonyl (C=O) groups excluding carboxylic acids is 1. The monoisotopic (exact) mass is 290 g/mol. The van der Waals surface area contributed by atoms with Gasteiger partial charge in [0.25, 0.3) is 0 Å². The molecule has 0 saturated heterocycles. The fraction of sp³-hybridized carbons (Fsp3) is 0.429. The second-order valence-electron chi connectivity index (χ2n) is 4.96. The molecular weight excluding hydrogens is 272 g/mol. The molecule has 1 atom stereocenters. The van der Waals surface area contributed by atoms with Crippen LogP contribution >= 0.6 is 11.8 Å². The van der Waals surface area contributed by atoms with Gasteiger partial charge in [-0.05, 0) is 60.9 Å². The van der Waals surface area contributed by atoms with E-state index in [1.165, 1.54) is 17.3 Å². The molecule has 0 spiro atoms. The average Bonchev–Trinajstić information content (AvgIpc) is 2.78. The Morgan fingerprint density at radius 1 is 1.20 bits per heavy atom. The highest BCUT2D eigenvalue weighted by Crippen LogP contribution is 2.25. The lowest BCUT2D eigenvalue weighted by molar-refractivity contribution is 0.0993. The Bertz CT molecular complexity index is 651. The molecule has 0 unspecified atom stereocenters. The molecule has 0 amide bonds. The van der Waals surface area contributed by atoms with Gasteiger partial charge < -0.3 is 0 Å². The number of nitrogens with zero attached hydrogens (tertiary/aromatic N) is 4. The molecule has 2 aromatic rings. The molecule has 0 radical (unpaired) electrons. The molecule has 5 nitrogen and oxygen atoms in total.